The van der Waals surface area contributed by atoms with Crippen LogP contribution in [0.1, 0.15) is 18.4 Å². The third kappa shape index (κ3) is 4.34. The number of thioether (sulfide) groups is 1. The molecule has 0 saturated heterocycles. The Morgan fingerprint density at radius 2 is 2.18 bits per heavy atom. The number of aromatic nitrogens is 4. The molecular formula is C13H15Cl2N5OS. The number of hydrogen-bond acceptors (Lipinski definition) is 5. The summed E-state index contributed by atoms with van der Waals surface area (Å²) in [6, 6.07) is 3.53. The number of nitrogens with zero attached hydrogens (tertiary/aromatic N) is 4. The minimum atomic E-state index is -0.119. The Labute approximate surface area is 142 Å². The van der Waals surface area contributed by atoms with Gasteiger partial charge in [0, 0.05) is 19.2 Å². The van der Waals surface area contributed by atoms with Gasteiger partial charge < -0.3 is 5.32 Å². The van der Waals surface area contributed by atoms with E-state index in [1.165, 1.54) is 11.8 Å². The van der Waals surface area contributed by atoms with Gasteiger partial charge in [0.25, 0.3) is 0 Å². The van der Waals surface area contributed by atoms with Crippen LogP contribution in [0.25, 0.3) is 0 Å². The third-order valence-electron chi connectivity index (χ3n) is 2.91. The van der Waals surface area contributed by atoms with Crippen molar-refractivity contribution in [3.05, 3.63) is 27.7 Å². The number of aryl methyl sites for hydroxylation is 2. The summed E-state index contributed by atoms with van der Waals surface area (Å²) < 4.78 is 1.59. The summed E-state index contributed by atoms with van der Waals surface area (Å²) in [5.74, 6) is 0.628. The smallest absolute Gasteiger partial charge is 0.224 e. The number of benzene rings is 1. The molecule has 22 heavy (non-hydrogen) atoms. The maximum absolute atomic E-state index is 12.0. The standard InChI is InChI=1S/C13H15Cl2N5OS/c1-8-5-6-9(14)12(11(8)15)16-10(21)4-3-7-22-13-17-18-19-20(13)2/h5-6H,3-4,7H2,1-2H3,(H,16,21). The molecule has 0 spiro atoms. The van der Waals surface area contributed by atoms with Crippen LogP contribution in [0.5, 0.6) is 0 Å². The molecule has 9 heteroatoms. The molecule has 0 saturated carbocycles. The maximum Gasteiger partial charge on any atom is 0.224 e. The van der Waals surface area contributed by atoms with Gasteiger partial charge in [-0.25, -0.2) is 4.68 Å². The van der Waals surface area contributed by atoms with Crippen molar-refractivity contribution in [3.8, 4) is 0 Å². The van der Waals surface area contributed by atoms with Gasteiger partial charge in [-0.2, -0.15) is 0 Å². The average molecular weight is 360 g/mol. The molecule has 1 N–H and O–H groups in total. The molecule has 1 aromatic carbocycles. The van der Waals surface area contributed by atoms with E-state index in [1.54, 1.807) is 17.8 Å². The van der Waals surface area contributed by atoms with E-state index < -0.39 is 0 Å². The van der Waals surface area contributed by atoms with Crippen molar-refractivity contribution in [2.75, 3.05) is 11.1 Å². The maximum atomic E-state index is 12.0. The summed E-state index contributed by atoms with van der Waals surface area (Å²) in [4.78, 5) is 12.0. The topological polar surface area (TPSA) is 72.7 Å². The highest BCUT2D eigenvalue weighted by Gasteiger charge is 2.12. The fourth-order valence-electron chi connectivity index (χ4n) is 1.71. The minimum Gasteiger partial charge on any atom is -0.324 e. The lowest BCUT2D eigenvalue weighted by Crippen LogP contribution is -2.12. The molecule has 0 aliphatic rings. The highest BCUT2D eigenvalue weighted by Crippen LogP contribution is 2.33. The Bertz CT molecular complexity index is 676. The largest absolute Gasteiger partial charge is 0.324 e. The quantitative estimate of drug-likeness (QED) is 0.632. The lowest BCUT2D eigenvalue weighted by Gasteiger charge is -2.11. The predicted octanol–water partition coefficient (Wildman–Crippen LogP) is 3.34. The number of nitrogens with one attached hydrogen (secondary N) is 1. The van der Waals surface area contributed by atoms with E-state index in [0.717, 1.165) is 16.5 Å². The van der Waals surface area contributed by atoms with Gasteiger partial charge in [0.05, 0.1) is 15.7 Å². The molecule has 1 amide bonds. The zero-order valence-electron chi connectivity index (χ0n) is 12.1. The van der Waals surface area contributed by atoms with Gasteiger partial charge >= 0.3 is 0 Å². The van der Waals surface area contributed by atoms with E-state index in [2.05, 4.69) is 20.8 Å². The second kappa shape index (κ2) is 7.80. The zero-order chi connectivity index (χ0) is 16.1. The summed E-state index contributed by atoms with van der Waals surface area (Å²) in [7, 11) is 1.77. The number of tetrazole rings is 1. The molecule has 0 radical (unpaired) electrons. The van der Waals surface area contributed by atoms with Crippen molar-refractivity contribution in [1.29, 1.82) is 0 Å². The van der Waals surface area contributed by atoms with E-state index in [4.69, 9.17) is 23.2 Å². The number of carbonyl (C=O) groups is 1. The van der Waals surface area contributed by atoms with Crippen LogP contribution in [0.3, 0.4) is 0 Å². The van der Waals surface area contributed by atoms with Gasteiger partial charge in [-0.3, -0.25) is 4.79 Å². The number of amides is 1. The first-order valence-corrected chi connectivity index (χ1v) is 8.33. The van der Waals surface area contributed by atoms with Crippen LogP contribution in [0.2, 0.25) is 10.0 Å². The molecule has 0 aliphatic carbocycles. The number of hydrogen-bond donors (Lipinski definition) is 1. The van der Waals surface area contributed by atoms with Crippen molar-refractivity contribution in [2.24, 2.45) is 7.05 Å². The van der Waals surface area contributed by atoms with Crippen molar-refractivity contribution >= 4 is 46.6 Å². The van der Waals surface area contributed by atoms with Gasteiger partial charge in [-0.1, -0.05) is 41.0 Å². The lowest BCUT2D eigenvalue weighted by molar-refractivity contribution is -0.116. The molecule has 0 unspecified atom stereocenters. The molecule has 2 rings (SSSR count). The Balaban J connectivity index is 1.81. The van der Waals surface area contributed by atoms with E-state index >= 15 is 0 Å². The van der Waals surface area contributed by atoms with Crippen LogP contribution in [-0.4, -0.2) is 31.9 Å². The second-order valence-corrected chi connectivity index (χ2v) is 6.49. The summed E-state index contributed by atoms with van der Waals surface area (Å²) in [5, 5.41) is 15.6. The number of rotatable bonds is 6. The monoisotopic (exact) mass is 359 g/mol. The zero-order valence-corrected chi connectivity index (χ0v) is 14.5. The molecule has 2 aromatic rings. The Morgan fingerprint density at radius 1 is 1.41 bits per heavy atom. The van der Waals surface area contributed by atoms with Crippen LogP contribution in [0, 0.1) is 6.92 Å². The molecule has 0 fully saturated rings. The summed E-state index contributed by atoms with van der Waals surface area (Å²) in [5.41, 5.74) is 1.34. The average Bonchev–Trinajstić information content (AvgIpc) is 2.89. The highest BCUT2D eigenvalue weighted by molar-refractivity contribution is 7.99. The third-order valence-corrected chi connectivity index (χ3v) is 4.81. The van der Waals surface area contributed by atoms with Crippen LogP contribution in [-0.2, 0) is 11.8 Å². The summed E-state index contributed by atoms with van der Waals surface area (Å²) >= 11 is 13.7. The SMILES string of the molecule is Cc1ccc(Cl)c(NC(=O)CCCSc2nnnn2C)c1Cl. The van der Waals surface area contributed by atoms with Crippen LogP contribution in [0.4, 0.5) is 5.69 Å². The minimum absolute atomic E-state index is 0.119. The second-order valence-electron chi connectivity index (χ2n) is 4.64. The van der Waals surface area contributed by atoms with Gasteiger partial charge in [-0.05, 0) is 35.4 Å². The molecule has 0 atom stereocenters. The summed E-state index contributed by atoms with van der Waals surface area (Å²) in [6.07, 6.45) is 1.07. The molecule has 0 bridgehead atoms. The van der Waals surface area contributed by atoms with Gasteiger partial charge in [0.15, 0.2) is 0 Å². The molecular weight excluding hydrogens is 345 g/mol. The van der Waals surface area contributed by atoms with E-state index in [1.807, 2.05) is 13.0 Å². The Morgan fingerprint density at radius 3 is 2.86 bits per heavy atom. The predicted molar refractivity (Wildman–Crippen MR) is 88.6 cm³/mol. The van der Waals surface area contributed by atoms with E-state index in [9.17, 15) is 4.79 Å². The molecule has 0 aliphatic heterocycles. The van der Waals surface area contributed by atoms with E-state index in [-0.39, 0.29) is 5.91 Å². The Hall–Kier alpha value is -1.31. The molecule has 6 nitrogen and oxygen atoms in total. The van der Waals surface area contributed by atoms with Crippen molar-refractivity contribution in [2.45, 2.75) is 24.9 Å². The van der Waals surface area contributed by atoms with Gasteiger partial charge in [0.2, 0.25) is 11.1 Å². The molecule has 118 valence electrons. The van der Waals surface area contributed by atoms with Crippen molar-refractivity contribution in [3.63, 3.8) is 0 Å². The number of halogens is 2. The molecule has 1 aromatic heterocycles. The fourth-order valence-corrected chi connectivity index (χ4v) is 2.97. The van der Waals surface area contributed by atoms with Crippen molar-refractivity contribution in [1.82, 2.24) is 20.2 Å². The number of anilines is 1. The van der Waals surface area contributed by atoms with Gasteiger partial charge in [-0.15, -0.1) is 5.10 Å². The Kier molecular flexibility index (Phi) is 6.05. The van der Waals surface area contributed by atoms with Gasteiger partial charge in [0.1, 0.15) is 0 Å². The van der Waals surface area contributed by atoms with Crippen LogP contribution < -0.4 is 5.32 Å². The van der Waals surface area contributed by atoms with Crippen LogP contribution >= 0.6 is 35.0 Å². The lowest BCUT2D eigenvalue weighted by atomic mass is 10.2. The number of carbonyl (C=O) groups excluding carboxylic acids is 1. The summed E-state index contributed by atoms with van der Waals surface area (Å²) in [6.45, 7) is 1.86. The first-order valence-electron chi connectivity index (χ1n) is 6.58. The molecule has 1 heterocycles. The van der Waals surface area contributed by atoms with Crippen LogP contribution in [0.15, 0.2) is 17.3 Å². The normalized spacial score (nSPS) is 10.7. The van der Waals surface area contributed by atoms with Crippen molar-refractivity contribution < 1.29 is 4.79 Å². The first-order chi connectivity index (χ1) is 10.5. The van der Waals surface area contributed by atoms with E-state index in [0.29, 0.717) is 28.6 Å². The highest BCUT2D eigenvalue weighted by atomic mass is 35.5. The fraction of sp³-hybridized carbons (Fsp3) is 0.385. The first kappa shape index (κ1) is 17.1.